The van der Waals surface area contributed by atoms with Crippen molar-refractivity contribution in [2.75, 3.05) is 17.7 Å². The van der Waals surface area contributed by atoms with Crippen molar-refractivity contribution >= 4 is 38.2 Å². The molecule has 2 heterocycles. The van der Waals surface area contributed by atoms with E-state index in [4.69, 9.17) is 5.73 Å². The lowest BCUT2D eigenvalue weighted by atomic mass is 10.2. The van der Waals surface area contributed by atoms with Gasteiger partial charge in [-0.2, -0.15) is 5.11 Å². The smallest absolute Gasteiger partial charge is 0.241 e. The van der Waals surface area contributed by atoms with Gasteiger partial charge in [0.2, 0.25) is 5.91 Å². The lowest BCUT2D eigenvalue weighted by molar-refractivity contribution is -0.113. The summed E-state index contributed by atoms with van der Waals surface area (Å²) in [5, 5.41) is 9.60. The summed E-state index contributed by atoms with van der Waals surface area (Å²) in [6, 6.07) is 13.2. The Bertz CT molecular complexity index is 1520. The van der Waals surface area contributed by atoms with Gasteiger partial charge < -0.3 is 15.6 Å². The Balaban J connectivity index is 1.71. The Kier molecular flexibility index (Phi) is 6.94. The largest absolute Gasteiger partial charge is 0.657 e. The zero-order valence-corrected chi connectivity index (χ0v) is 19.0. The molecule has 0 fully saturated rings. The van der Waals surface area contributed by atoms with E-state index >= 15 is 0 Å². The van der Waals surface area contributed by atoms with Crippen LogP contribution < -0.4 is 5.32 Å². The predicted molar refractivity (Wildman–Crippen MR) is 126 cm³/mol. The van der Waals surface area contributed by atoms with E-state index in [1.54, 1.807) is 36.4 Å². The number of carbonyl (C=O) groups is 1. The maximum Gasteiger partial charge on any atom is 0.241 e. The first-order valence-corrected chi connectivity index (χ1v) is 11.9. The molecule has 0 unspecified atom stereocenters. The number of azo groups is 1. The van der Waals surface area contributed by atoms with Crippen LogP contribution in [0.4, 0.5) is 20.3 Å². The maximum absolute atomic E-state index is 14.8. The molecule has 180 valence electrons. The molecule has 0 aliphatic carbocycles. The molecule has 4 aromatic rings. The van der Waals surface area contributed by atoms with Gasteiger partial charge in [0.05, 0.1) is 21.5 Å². The third kappa shape index (κ3) is 5.55. The number of hydrogen-bond acceptors (Lipinski definition) is 6. The summed E-state index contributed by atoms with van der Waals surface area (Å²) in [5.41, 5.74) is 8.21. The summed E-state index contributed by atoms with van der Waals surface area (Å²) in [6.07, 6.45) is 2.62. The molecule has 0 saturated heterocycles. The van der Waals surface area contributed by atoms with E-state index in [0.29, 0.717) is 17.3 Å². The SMILES string of the molecule is [NH-]CN=Nc1cccc(Cn2cc(S(=O)(=O)CC(=O)Nc3ccccn3)c3c(F)cc(F)cc32)c1. The molecule has 0 saturated carbocycles. The minimum atomic E-state index is -4.31. The highest BCUT2D eigenvalue weighted by Gasteiger charge is 2.27. The lowest BCUT2D eigenvalue weighted by Crippen LogP contribution is -2.23. The molecule has 0 aliphatic rings. The highest BCUT2D eigenvalue weighted by Crippen LogP contribution is 2.31. The van der Waals surface area contributed by atoms with Gasteiger partial charge in [-0.15, -0.1) is 0 Å². The average Bonchev–Trinajstić information content (AvgIpc) is 3.17. The quantitative estimate of drug-likeness (QED) is 0.348. The zero-order chi connectivity index (χ0) is 25.0. The third-order valence-electron chi connectivity index (χ3n) is 4.97. The van der Waals surface area contributed by atoms with Gasteiger partial charge in [-0.05, 0) is 42.6 Å². The van der Waals surface area contributed by atoms with Crippen LogP contribution in [0.3, 0.4) is 0 Å². The second kappa shape index (κ2) is 10.1. The molecule has 0 atom stereocenters. The summed E-state index contributed by atoms with van der Waals surface area (Å²) in [5.74, 6) is -3.56. The molecular formula is C23H19F2N6O3S-. The molecule has 0 radical (unpaired) electrons. The van der Waals surface area contributed by atoms with E-state index in [2.05, 4.69) is 20.5 Å². The Morgan fingerprint density at radius 3 is 2.69 bits per heavy atom. The number of hydrogen-bond donors (Lipinski definition) is 1. The van der Waals surface area contributed by atoms with Gasteiger partial charge in [-0.3, -0.25) is 4.79 Å². The van der Waals surface area contributed by atoms with Crippen LogP contribution in [0.25, 0.3) is 16.6 Å². The first-order valence-electron chi connectivity index (χ1n) is 10.3. The Hall–Kier alpha value is -4.03. The van der Waals surface area contributed by atoms with E-state index in [1.807, 2.05) is 0 Å². The molecule has 0 spiro atoms. The minimum absolute atomic E-state index is 0.0180. The van der Waals surface area contributed by atoms with Crippen LogP contribution in [-0.4, -0.2) is 36.3 Å². The molecule has 0 aliphatic heterocycles. The van der Waals surface area contributed by atoms with Gasteiger partial charge in [-0.25, -0.2) is 27.3 Å². The standard InChI is InChI=1S/C23H19F2N6O3S/c24-16-9-18(25)23-19(10-16)31(11-15-4-3-5-17(8-15)30-28-14-26)12-20(23)35(33,34)13-22(32)29-21-6-1-2-7-27-21/h1-10,12,26H,11,13-14H2,(H,27,29,32)/q-1. The van der Waals surface area contributed by atoms with Crippen molar-refractivity contribution < 1.29 is 22.0 Å². The maximum atomic E-state index is 14.8. The van der Waals surface area contributed by atoms with E-state index < -0.39 is 38.0 Å². The number of benzene rings is 2. The van der Waals surface area contributed by atoms with Gasteiger partial charge in [0.15, 0.2) is 9.84 Å². The van der Waals surface area contributed by atoms with Crippen molar-refractivity contribution in [3.8, 4) is 0 Å². The number of halogens is 2. The van der Waals surface area contributed by atoms with Crippen molar-refractivity contribution in [1.29, 1.82) is 0 Å². The van der Waals surface area contributed by atoms with E-state index in [0.717, 1.165) is 6.07 Å². The fourth-order valence-corrected chi connectivity index (χ4v) is 4.94. The average molecular weight is 498 g/mol. The molecule has 12 heteroatoms. The van der Waals surface area contributed by atoms with Crippen LogP contribution in [0.2, 0.25) is 0 Å². The Morgan fingerprint density at radius 2 is 1.94 bits per heavy atom. The van der Waals surface area contributed by atoms with Gasteiger partial charge in [0, 0.05) is 25.0 Å². The van der Waals surface area contributed by atoms with Crippen molar-refractivity contribution in [3.05, 3.63) is 89.9 Å². The molecule has 2 N–H and O–H groups in total. The second-order valence-electron chi connectivity index (χ2n) is 7.49. The van der Waals surface area contributed by atoms with Gasteiger partial charge in [0.1, 0.15) is 23.2 Å². The summed E-state index contributed by atoms with van der Waals surface area (Å²) < 4.78 is 56.5. The van der Waals surface area contributed by atoms with E-state index in [-0.39, 0.29) is 29.9 Å². The van der Waals surface area contributed by atoms with Crippen LogP contribution >= 0.6 is 0 Å². The number of rotatable bonds is 8. The van der Waals surface area contributed by atoms with Crippen molar-refractivity contribution in [2.45, 2.75) is 11.4 Å². The summed E-state index contributed by atoms with van der Waals surface area (Å²) >= 11 is 0. The summed E-state index contributed by atoms with van der Waals surface area (Å²) in [7, 11) is -4.31. The number of fused-ring (bicyclic) bond motifs is 1. The molecule has 1 amide bonds. The minimum Gasteiger partial charge on any atom is -0.657 e. The number of aromatic nitrogens is 2. The van der Waals surface area contributed by atoms with Crippen LogP contribution in [0.1, 0.15) is 5.56 Å². The summed E-state index contributed by atoms with van der Waals surface area (Å²) in [6.45, 7) is -0.167. The number of nitrogens with zero attached hydrogens (tertiary/aromatic N) is 4. The van der Waals surface area contributed by atoms with Gasteiger partial charge >= 0.3 is 0 Å². The topological polar surface area (TPSA) is 130 Å². The molecule has 9 nitrogen and oxygen atoms in total. The summed E-state index contributed by atoms with van der Waals surface area (Å²) in [4.78, 5) is 15.9. The normalized spacial score (nSPS) is 11.9. The molecular weight excluding hydrogens is 478 g/mol. The fourth-order valence-electron chi connectivity index (χ4n) is 3.57. The molecule has 2 aromatic heterocycles. The van der Waals surface area contributed by atoms with Crippen LogP contribution in [0.15, 0.2) is 82.1 Å². The molecule has 4 rings (SSSR count). The molecule has 35 heavy (non-hydrogen) atoms. The fraction of sp³-hybridized carbons (Fsp3) is 0.130. The highest BCUT2D eigenvalue weighted by molar-refractivity contribution is 7.92. The first kappa shape index (κ1) is 24.1. The van der Waals surface area contributed by atoms with Gasteiger partial charge in [0.25, 0.3) is 0 Å². The number of amides is 1. The first-order chi connectivity index (χ1) is 16.8. The van der Waals surface area contributed by atoms with Crippen molar-refractivity contribution in [2.24, 2.45) is 10.2 Å². The van der Waals surface area contributed by atoms with Crippen LogP contribution in [-0.2, 0) is 21.2 Å². The number of sulfone groups is 1. The van der Waals surface area contributed by atoms with E-state index in [1.165, 1.54) is 23.0 Å². The lowest BCUT2D eigenvalue weighted by Gasteiger charge is -2.07. The zero-order valence-electron chi connectivity index (χ0n) is 18.1. The number of nitrogens with one attached hydrogen (secondary N) is 2. The highest BCUT2D eigenvalue weighted by atomic mass is 32.2. The number of pyridine rings is 1. The second-order valence-corrected chi connectivity index (χ2v) is 9.45. The number of carbonyl (C=O) groups excluding carboxylic acids is 1. The monoisotopic (exact) mass is 497 g/mol. The van der Waals surface area contributed by atoms with Gasteiger partial charge in [-0.1, -0.05) is 18.2 Å². The predicted octanol–water partition coefficient (Wildman–Crippen LogP) is 4.87. The third-order valence-corrected chi connectivity index (χ3v) is 6.59. The Morgan fingerprint density at radius 1 is 1.11 bits per heavy atom. The van der Waals surface area contributed by atoms with Crippen molar-refractivity contribution in [3.63, 3.8) is 0 Å². The molecule has 0 bridgehead atoms. The van der Waals surface area contributed by atoms with Crippen LogP contribution in [0.5, 0.6) is 0 Å². The van der Waals surface area contributed by atoms with Crippen molar-refractivity contribution in [1.82, 2.24) is 9.55 Å². The van der Waals surface area contributed by atoms with E-state index in [9.17, 15) is 22.0 Å². The Labute approximate surface area is 199 Å². The van der Waals surface area contributed by atoms with Crippen LogP contribution in [0, 0.1) is 11.6 Å². The number of anilines is 1. The molecule has 2 aromatic carbocycles.